The summed E-state index contributed by atoms with van der Waals surface area (Å²) >= 11 is 0. The number of rotatable bonds is 4. The molecule has 1 fully saturated rings. The molecule has 1 heterocycles. The molecule has 2 rings (SSSR count). The van der Waals surface area contributed by atoms with Crippen LogP contribution in [0, 0.1) is 0 Å². The van der Waals surface area contributed by atoms with E-state index in [9.17, 15) is 19.5 Å². The smallest absolute Gasteiger partial charge is 0.339 e. The standard InChI is InChI=1S/C13H17N3O5/c1-16-9(8(7-14-16)11(18)19)10(17)15-13(12(20)21)5-3-2-4-6-13/h7H,2-6H2,1H3,(H,15,17)(H,18,19)(H,20,21). The number of nitrogens with one attached hydrogen (secondary N) is 1. The molecule has 1 aliphatic carbocycles. The van der Waals surface area contributed by atoms with Gasteiger partial charge in [0.2, 0.25) is 0 Å². The van der Waals surface area contributed by atoms with Gasteiger partial charge in [-0.2, -0.15) is 5.10 Å². The minimum absolute atomic E-state index is 0.145. The minimum atomic E-state index is -1.32. The second-order valence-electron chi connectivity index (χ2n) is 5.24. The van der Waals surface area contributed by atoms with Crippen molar-refractivity contribution in [1.82, 2.24) is 15.1 Å². The molecule has 0 unspecified atom stereocenters. The first kappa shape index (κ1) is 15.0. The van der Waals surface area contributed by atoms with E-state index < -0.39 is 23.4 Å². The third-order valence-corrected chi connectivity index (χ3v) is 3.85. The SMILES string of the molecule is Cn1ncc(C(=O)O)c1C(=O)NC1(C(=O)O)CCCCC1. The maximum atomic E-state index is 12.3. The molecule has 1 saturated carbocycles. The number of carboxylic acid groups (broad SMARTS) is 2. The maximum absolute atomic E-state index is 12.3. The minimum Gasteiger partial charge on any atom is -0.480 e. The van der Waals surface area contributed by atoms with Gasteiger partial charge in [-0.05, 0) is 12.8 Å². The highest BCUT2D eigenvalue weighted by atomic mass is 16.4. The Balaban J connectivity index is 2.30. The topological polar surface area (TPSA) is 122 Å². The maximum Gasteiger partial charge on any atom is 0.339 e. The third kappa shape index (κ3) is 2.74. The lowest BCUT2D eigenvalue weighted by Crippen LogP contribution is -2.56. The molecule has 8 nitrogen and oxygen atoms in total. The fourth-order valence-electron chi connectivity index (χ4n) is 2.69. The van der Waals surface area contributed by atoms with E-state index in [1.807, 2.05) is 0 Å². The van der Waals surface area contributed by atoms with Gasteiger partial charge in [0, 0.05) is 7.05 Å². The number of carbonyl (C=O) groups excluding carboxylic acids is 1. The Kier molecular flexibility index (Phi) is 3.97. The summed E-state index contributed by atoms with van der Waals surface area (Å²) in [6.45, 7) is 0. The lowest BCUT2D eigenvalue weighted by Gasteiger charge is -2.33. The van der Waals surface area contributed by atoms with Crippen molar-refractivity contribution in [1.29, 1.82) is 0 Å². The summed E-state index contributed by atoms with van der Waals surface area (Å²) in [7, 11) is 1.44. The summed E-state index contributed by atoms with van der Waals surface area (Å²) in [6.07, 6.45) is 4.11. The summed E-state index contributed by atoms with van der Waals surface area (Å²) in [6, 6.07) is 0. The average Bonchev–Trinajstić information content (AvgIpc) is 2.81. The van der Waals surface area contributed by atoms with E-state index in [1.54, 1.807) is 0 Å². The molecule has 0 atom stereocenters. The fourth-order valence-corrected chi connectivity index (χ4v) is 2.69. The van der Waals surface area contributed by atoms with Crippen LogP contribution in [0.5, 0.6) is 0 Å². The van der Waals surface area contributed by atoms with Crippen LogP contribution in [0.3, 0.4) is 0 Å². The molecule has 1 aromatic heterocycles. The molecular weight excluding hydrogens is 278 g/mol. The van der Waals surface area contributed by atoms with Crippen molar-refractivity contribution < 1.29 is 24.6 Å². The molecule has 0 aromatic carbocycles. The first-order chi connectivity index (χ1) is 9.87. The summed E-state index contributed by atoms with van der Waals surface area (Å²) in [5.41, 5.74) is -1.71. The van der Waals surface area contributed by atoms with Gasteiger partial charge in [0.15, 0.2) is 0 Å². The number of carboxylic acids is 2. The van der Waals surface area contributed by atoms with Crippen LogP contribution in [-0.2, 0) is 11.8 Å². The number of aromatic carboxylic acids is 1. The quantitative estimate of drug-likeness (QED) is 0.749. The number of aryl methyl sites for hydroxylation is 1. The molecule has 1 aliphatic rings. The molecule has 0 bridgehead atoms. The first-order valence-electron chi connectivity index (χ1n) is 6.68. The normalized spacial score (nSPS) is 17.2. The Hall–Kier alpha value is -2.38. The van der Waals surface area contributed by atoms with Crippen molar-refractivity contribution in [3.63, 3.8) is 0 Å². The molecule has 0 spiro atoms. The van der Waals surface area contributed by atoms with E-state index in [-0.39, 0.29) is 11.3 Å². The number of nitrogens with zero attached hydrogens (tertiary/aromatic N) is 2. The highest BCUT2D eigenvalue weighted by Gasteiger charge is 2.42. The third-order valence-electron chi connectivity index (χ3n) is 3.85. The zero-order valence-corrected chi connectivity index (χ0v) is 11.6. The van der Waals surface area contributed by atoms with E-state index in [0.29, 0.717) is 25.7 Å². The van der Waals surface area contributed by atoms with Gasteiger partial charge in [0.05, 0.1) is 6.20 Å². The van der Waals surface area contributed by atoms with Crippen LogP contribution >= 0.6 is 0 Å². The Morgan fingerprint density at radius 1 is 1.24 bits per heavy atom. The zero-order valence-electron chi connectivity index (χ0n) is 11.6. The van der Waals surface area contributed by atoms with Crippen LogP contribution in [0.25, 0.3) is 0 Å². The van der Waals surface area contributed by atoms with Crippen LogP contribution in [0.4, 0.5) is 0 Å². The first-order valence-corrected chi connectivity index (χ1v) is 6.68. The van der Waals surface area contributed by atoms with E-state index in [1.165, 1.54) is 7.05 Å². The summed E-state index contributed by atoms with van der Waals surface area (Å²) < 4.78 is 1.14. The van der Waals surface area contributed by atoms with Crippen molar-refractivity contribution in [2.45, 2.75) is 37.6 Å². The molecule has 1 aromatic rings. The van der Waals surface area contributed by atoms with Gasteiger partial charge in [-0.1, -0.05) is 19.3 Å². The van der Waals surface area contributed by atoms with E-state index in [0.717, 1.165) is 17.3 Å². The summed E-state index contributed by atoms with van der Waals surface area (Å²) in [5.74, 6) is -3.09. The molecule has 0 saturated heterocycles. The Bertz CT molecular complexity index is 587. The molecule has 21 heavy (non-hydrogen) atoms. The van der Waals surface area contributed by atoms with Crippen LogP contribution < -0.4 is 5.32 Å². The highest BCUT2D eigenvalue weighted by molar-refractivity contribution is 6.05. The Labute approximate surface area is 120 Å². The lowest BCUT2D eigenvalue weighted by atomic mass is 9.81. The number of carbonyl (C=O) groups is 3. The predicted molar refractivity (Wildman–Crippen MR) is 71.1 cm³/mol. The Morgan fingerprint density at radius 2 is 1.86 bits per heavy atom. The van der Waals surface area contributed by atoms with Crippen LogP contribution in [0.15, 0.2) is 6.20 Å². The van der Waals surface area contributed by atoms with Gasteiger partial charge in [-0.25, -0.2) is 9.59 Å². The number of aromatic nitrogens is 2. The van der Waals surface area contributed by atoms with Crippen LogP contribution in [0.1, 0.15) is 53.0 Å². The van der Waals surface area contributed by atoms with Gasteiger partial charge in [0.1, 0.15) is 16.8 Å². The number of aliphatic carboxylic acids is 1. The van der Waals surface area contributed by atoms with Crippen molar-refractivity contribution >= 4 is 17.8 Å². The second kappa shape index (κ2) is 5.55. The number of hydrogen-bond donors (Lipinski definition) is 3. The molecule has 3 N–H and O–H groups in total. The van der Waals surface area contributed by atoms with E-state index in [2.05, 4.69) is 10.4 Å². The largest absolute Gasteiger partial charge is 0.480 e. The summed E-state index contributed by atoms with van der Waals surface area (Å²) in [4.78, 5) is 35.0. The van der Waals surface area contributed by atoms with Crippen LogP contribution in [-0.4, -0.2) is 43.4 Å². The number of hydrogen-bond acceptors (Lipinski definition) is 4. The molecule has 114 valence electrons. The van der Waals surface area contributed by atoms with Gasteiger partial charge in [0.25, 0.3) is 5.91 Å². The average molecular weight is 295 g/mol. The van der Waals surface area contributed by atoms with Crippen LogP contribution in [0.2, 0.25) is 0 Å². The zero-order chi connectivity index (χ0) is 15.6. The predicted octanol–water partition coefficient (Wildman–Crippen LogP) is 0.636. The van der Waals surface area contributed by atoms with Gasteiger partial charge < -0.3 is 15.5 Å². The van der Waals surface area contributed by atoms with E-state index >= 15 is 0 Å². The van der Waals surface area contributed by atoms with Crippen molar-refractivity contribution in [2.75, 3.05) is 0 Å². The van der Waals surface area contributed by atoms with Crippen molar-refractivity contribution in [2.24, 2.45) is 7.05 Å². The van der Waals surface area contributed by atoms with Crippen molar-refractivity contribution in [3.05, 3.63) is 17.5 Å². The van der Waals surface area contributed by atoms with Crippen molar-refractivity contribution in [3.8, 4) is 0 Å². The Morgan fingerprint density at radius 3 is 2.38 bits per heavy atom. The molecule has 1 amide bonds. The second-order valence-corrected chi connectivity index (χ2v) is 5.24. The monoisotopic (exact) mass is 295 g/mol. The lowest BCUT2D eigenvalue weighted by molar-refractivity contribution is -0.145. The number of amides is 1. The van der Waals surface area contributed by atoms with E-state index in [4.69, 9.17) is 5.11 Å². The van der Waals surface area contributed by atoms with Gasteiger partial charge in [-0.15, -0.1) is 0 Å². The molecule has 0 aliphatic heterocycles. The highest BCUT2D eigenvalue weighted by Crippen LogP contribution is 2.29. The van der Waals surface area contributed by atoms with Gasteiger partial charge in [-0.3, -0.25) is 9.48 Å². The molecule has 8 heteroatoms. The fraction of sp³-hybridized carbons (Fsp3) is 0.538. The molecule has 0 radical (unpaired) electrons. The molecular formula is C13H17N3O5. The summed E-state index contributed by atoms with van der Waals surface area (Å²) in [5, 5.41) is 24.7. The van der Waals surface area contributed by atoms with Gasteiger partial charge >= 0.3 is 11.9 Å².